The van der Waals surface area contributed by atoms with Crippen LogP contribution < -0.4 is 0 Å². The van der Waals surface area contributed by atoms with Crippen LogP contribution in [0.1, 0.15) is 36.4 Å². The molecule has 13 heavy (non-hydrogen) atoms. The van der Waals surface area contributed by atoms with Crippen molar-refractivity contribution in [2.24, 2.45) is 0 Å². The summed E-state index contributed by atoms with van der Waals surface area (Å²) in [7, 11) is 0. The summed E-state index contributed by atoms with van der Waals surface area (Å²) in [6.07, 6.45) is 0. The zero-order valence-corrected chi connectivity index (χ0v) is 8.91. The third kappa shape index (κ3) is 1.59. The Balaban J connectivity index is 3.44. The van der Waals surface area contributed by atoms with Gasteiger partial charge in [-0.15, -0.1) is 0 Å². The van der Waals surface area contributed by atoms with Gasteiger partial charge < -0.3 is 4.98 Å². The Morgan fingerprint density at radius 1 is 1.08 bits per heavy atom. The molecule has 0 atom stereocenters. The lowest BCUT2D eigenvalue weighted by atomic mass is 10.0. The Morgan fingerprint density at radius 2 is 1.62 bits per heavy atom. The fourth-order valence-electron chi connectivity index (χ4n) is 1.57. The maximum atomic E-state index is 3.98. The average molecular weight is 175 g/mol. The summed E-state index contributed by atoms with van der Waals surface area (Å²) in [5, 5.41) is 0. The van der Waals surface area contributed by atoms with Crippen LogP contribution in [0.2, 0.25) is 0 Å². The molecule has 0 aromatic carbocycles. The highest BCUT2D eigenvalue weighted by Crippen LogP contribution is 2.28. The summed E-state index contributed by atoms with van der Waals surface area (Å²) in [5.41, 5.74) is 7.00. The van der Waals surface area contributed by atoms with Gasteiger partial charge in [0, 0.05) is 17.0 Å². The van der Waals surface area contributed by atoms with Gasteiger partial charge in [-0.25, -0.2) is 0 Å². The van der Waals surface area contributed by atoms with Gasteiger partial charge in [-0.05, 0) is 44.4 Å². The van der Waals surface area contributed by atoms with Crippen molar-refractivity contribution >= 4 is 11.1 Å². The van der Waals surface area contributed by atoms with Crippen LogP contribution in [0.3, 0.4) is 0 Å². The van der Waals surface area contributed by atoms with Crippen LogP contribution in [0.4, 0.5) is 0 Å². The number of nitrogens with one attached hydrogen (secondary N) is 1. The SMILES string of the molecule is C=C(C)c1[nH]c(C)c(C)c1C(=C)C. The zero-order valence-electron chi connectivity index (χ0n) is 8.91. The topological polar surface area (TPSA) is 15.8 Å². The predicted octanol–water partition coefficient (Wildman–Crippen LogP) is 3.70. The molecule has 0 saturated carbocycles. The van der Waals surface area contributed by atoms with Gasteiger partial charge in [0.2, 0.25) is 0 Å². The molecule has 0 radical (unpaired) electrons. The maximum absolute atomic E-state index is 3.98. The van der Waals surface area contributed by atoms with Gasteiger partial charge in [0.25, 0.3) is 0 Å². The molecular weight excluding hydrogens is 158 g/mol. The van der Waals surface area contributed by atoms with Crippen LogP contribution >= 0.6 is 0 Å². The molecule has 1 N–H and O–H groups in total. The molecule has 1 aromatic rings. The summed E-state index contributed by atoms with van der Waals surface area (Å²) in [5.74, 6) is 0. The normalized spacial score (nSPS) is 10.2. The largest absolute Gasteiger partial charge is 0.358 e. The highest BCUT2D eigenvalue weighted by molar-refractivity contribution is 5.77. The van der Waals surface area contributed by atoms with E-state index in [1.165, 1.54) is 16.8 Å². The number of hydrogen-bond acceptors (Lipinski definition) is 0. The van der Waals surface area contributed by atoms with Crippen LogP contribution in [0, 0.1) is 13.8 Å². The minimum atomic E-state index is 1.06. The second kappa shape index (κ2) is 3.25. The molecule has 0 saturated heterocycles. The smallest absolute Gasteiger partial charge is 0.0484 e. The minimum Gasteiger partial charge on any atom is -0.358 e. The first-order chi connectivity index (χ1) is 5.95. The van der Waals surface area contributed by atoms with Crippen molar-refractivity contribution in [1.29, 1.82) is 0 Å². The van der Waals surface area contributed by atoms with Crippen LogP contribution in [-0.4, -0.2) is 4.98 Å². The van der Waals surface area contributed by atoms with Crippen LogP contribution in [0.25, 0.3) is 11.1 Å². The van der Waals surface area contributed by atoms with E-state index in [0.29, 0.717) is 0 Å². The molecule has 0 aliphatic carbocycles. The second-order valence-electron chi connectivity index (χ2n) is 3.69. The van der Waals surface area contributed by atoms with Gasteiger partial charge >= 0.3 is 0 Å². The Bertz CT molecular complexity index is 367. The summed E-state index contributed by atoms with van der Waals surface area (Å²) in [6.45, 7) is 16.2. The maximum Gasteiger partial charge on any atom is 0.0484 e. The van der Waals surface area contributed by atoms with E-state index in [4.69, 9.17) is 0 Å². The third-order valence-corrected chi connectivity index (χ3v) is 2.35. The van der Waals surface area contributed by atoms with Crippen molar-refractivity contribution in [2.75, 3.05) is 0 Å². The number of allylic oxidation sites excluding steroid dienone is 2. The lowest BCUT2D eigenvalue weighted by Gasteiger charge is -2.03. The molecule has 0 fully saturated rings. The summed E-state index contributed by atoms with van der Waals surface area (Å²) in [6, 6.07) is 0. The van der Waals surface area contributed by atoms with E-state index in [-0.39, 0.29) is 0 Å². The van der Waals surface area contributed by atoms with E-state index >= 15 is 0 Å². The molecule has 0 bridgehead atoms. The summed E-state index contributed by atoms with van der Waals surface area (Å²) in [4.78, 5) is 3.33. The van der Waals surface area contributed by atoms with Gasteiger partial charge in [-0.3, -0.25) is 0 Å². The minimum absolute atomic E-state index is 1.06. The Morgan fingerprint density at radius 3 is 1.92 bits per heavy atom. The van der Waals surface area contributed by atoms with Gasteiger partial charge in [0.15, 0.2) is 0 Å². The molecule has 0 aliphatic heterocycles. The third-order valence-electron chi connectivity index (χ3n) is 2.35. The Kier molecular flexibility index (Phi) is 2.46. The molecule has 1 heteroatoms. The van der Waals surface area contributed by atoms with E-state index in [9.17, 15) is 0 Å². The first-order valence-electron chi connectivity index (χ1n) is 4.46. The molecule has 1 heterocycles. The molecule has 1 nitrogen and oxygen atoms in total. The molecule has 0 unspecified atom stereocenters. The summed E-state index contributed by atoms with van der Waals surface area (Å²) >= 11 is 0. The highest BCUT2D eigenvalue weighted by Gasteiger charge is 2.11. The highest BCUT2D eigenvalue weighted by atomic mass is 14.7. The van der Waals surface area contributed by atoms with E-state index in [1.54, 1.807) is 0 Å². The molecular formula is C12H17N. The standard InChI is InChI=1S/C12H17N/c1-7(2)11-9(5)10(6)13-12(11)8(3)4/h13H,1,3H2,2,4-6H3. The Labute approximate surface area is 80.2 Å². The van der Waals surface area contributed by atoms with E-state index in [2.05, 4.69) is 32.0 Å². The molecule has 1 aromatic heterocycles. The molecule has 70 valence electrons. The van der Waals surface area contributed by atoms with E-state index in [0.717, 1.165) is 16.8 Å². The first-order valence-corrected chi connectivity index (χ1v) is 4.46. The lowest BCUT2D eigenvalue weighted by molar-refractivity contribution is 1.21. The number of aromatic nitrogens is 1. The average Bonchev–Trinajstić information content (AvgIpc) is 2.28. The number of H-pyrrole nitrogens is 1. The van der Waals surface area contributed by atoms with Crippen molar-refractivity contribution in [2.45, 2.75) is 27.7 Å². The molecule has 0 amide bonds. The van der Waals surface area contributed by atoms with Crippen LogP contribution in [0.15, 0.2) is 13.2 Å². The summed E-state index contributed by atoms with van der Waals surface area (Å²) < 4.78 is 0. The first kappa shape index (κ1) is 9.85. The predicted molar refractivity (Wildman–Crippen MR) is 59.7 cm³/mol. The van der Waals surface area contributed by atoms with E-state index < -0.39 is 0 Å². The van der Waals surface area contributed by atoms with Crippen molar-refractivity contribution in [1.82, 2.24) is 4.98 Å². The van der Waals surface area contributed by atoms with Crippen LogP contribution in [-0.2, 0) is 0 Å². The number of rotatable bonds is 2. The zero-order chi connectivity index (χ0) is 10.2. The van der Waals surface area contributed by atoms with Gasteiger partial charge in [-0.1, -0.05) is 13.2 Å². The van der Waals surface area contributed by atoms with Crippen molar-refractivity contribution < 1.29 is 0 Å². The molecule has 0 aliphatic rings. The number of hydrogen-bond donors (Lipinski definition) is 1. The number of aromatic amines is 1. The van der Waals surface area contributed by atoms with Crippen LogP contribution in [0.5, 0.6) is 0 Å². The van der Waals surface area contributed by atoms with E-state index in [1.807, 2.05) is 13.8 Å². The Hall–Kier alpha value is -1.24. The van der Waals surface area contributed by atoms with Gasteiger partial charge in [0.05, 0.1) is 0 Å². The quantitative estimate of drug-likeness (QED) is 0.705. The van der Waals surface area contributed by atoms with Crippen molar-refractivity contribution in [3.63, 3.8) is 0 Å². The molecule has 1 rings (SSSR count). The monoisotopic (exact) mass is 175 g/mol. The fraction of sp³-hybridized carbons (Fsp3) is 0.333. The molecule has 0 spiro atoms. The lowest BCUT2D eigenvalue weighted by Crippen LogP contribution is -1.85. The van der Waals surface area contributed by atoms with Gasteiger partial charge in [-0.2, -0.15) is 0 Å². The van der Waals surface area contributed by atoms with Crippen molar-refractivity contribution in [3.05, 3.63) is 35.7 Å². The fourth-order valence-corrected chi connectivity index (χ4v) is 1.57. The van der Waals surface area contributed by atoms with Crippen molar-refractivity contribution in [3.8, 4) is 0 Å². The number of aryl methyl sites for hydroxylation is 1. The second-order valence-corrected chi connectivity index (χ2v) is 3.69. The van der Waals surface area contributed by atoms with Gasteiger partial charge in [0.1, 0.15) is 0 Å².